The van der Waals surface area contributed by atoms with Crippen molar-refractivity contribution in [3.05, 3.63) is 0 Å². The number of rotatable bonds is 4. The first-order valence-electron chi connectivity index (χ1n) is 8.19. The van der Waals surface area contributed by atoms with Crippen molar-refractivity contribution >= 4 is 0 Å². The fraction of sp³-hybridized carbons (Fsp3) is 1.00. The Hall–Kier alpha value is -0.0800. The van der Waals surface area contributed by atoms with Crippen molar-refractivity contribution in [3.8, 4) is 0 Å². The number of nitrogens with zero attached hydrogens (tertiary/aromatic N) is 1. The summed E-state index contributed by atoms with van der Waals surface area (Å²) in [5.41, 5.74) is 0.645. The van der Waals surface area contributed by atoms with Crippen LogP contribution in [-0.2, 0) is 0 Å². The largest absolute Gasteiger partial charge is 0.314 e. The predicted octanol–water partition coefficient (Wildman–Crippen LogP) is 3.17. The van der Waals surface area contributed by atoms with Gasteiger partial charge < -0.3 is 5.32 Å². The van der Waals surface area contributed by atoms with E-state index >= 15 is 0 Å². The highest BCUT2D eigenvalue weighted by Gasteiger charge is 2.43. The molecule has 0 aromatic rings. The Morgan fingerprint density at radius 1 is 1.11 bits per heavy atom. The molecule has 0 aromatic heterocycles. The van der Waals surface area contributed by atoms with Crippen molar-refractivity contribution < 1.29 is 0 Å². The number of hydrogen-bond donors (Lipinski definition) is 1. The average molecular weight is 250 g/mol. The highest BCUT2D eigenvalue weighted by Crippen LogP contribution is 2.43. The van der Waals surface area contributed by atoms with Crippen LogP contribution >= 0.6 is 0 Å². The summed E-state index contributed by atoms with van der Waals surface area (Å²) in [5, 5.41) is 3.68. The second-order valence-electron chi connectivity index (χ2n) is 7.30. The molecule has 2 nitrogen and oxygen atoms in total. The lowest BCUT2D eigenvalue weighted by Crippen LogP contribution is -2.51. The molecular weight excluding hydrogens is 220 g/mol. The van der Waals surface area contributed by atoms with Crippen LogP contribution in [0.1, 0.15) is 65.2 Å². The van der Waals surface area contributed by atoms with Crippen molar-refractivity contribution in [1.29, 1.82) is 0 Å². The highest BCUT2D eigenvalue weighted by atomic mass is 15.2. The van der Waals surface area contributed by atoms with Gasteiger partial charge in [-0.05, 0) is 50.5 Å². The molecule has 2 aliphatic heterocycles. The van der Waals surface area contributed by atoms with E-state index in [1.54, 1.807) is 0 Å². The SMILES string of the molecule is CCNC1CC2CCC(C1)N2CC1(C)CCCC1. The van der Waals surface area contributed by atoms with E-state index in [4.69, 9.17) is 0 Å². The highest BCUT2D eigenvalue weighted by molar-refractivity contribution is 4.99. The van der Waals surface area contributed by atoms with Gasteiger partial charge in [-0.2, -0.15) is 0 Å². The van der Waals surface area contributed by atoms with Crippen molar-refractivity contribution in [3.63, 3.8) is 0 Å². The molecule has 2 saturated heterocycles. The standard InChI is InChI=1S/C16H30N2/c1-3-17-13-10-14-6-7-15(11-13)18(14)12-16(2)8-4-5-9-16/h13-15,17H,3-12H2,1-2H3. The lowest BCUT2D eigenvalue weighted by Gasteiger charge is -2.43. The molecule has 2 heteroatoms. The minimum atomic E-state index is 0.645. The smallest absolute Gasteiger partial charge is 0.0114 e. The van der Waals surface area contributed by atoms with Gasteiger partial charge in [-0.1, -0.05) is 26.7 Å². The van der Waals surface area contributed by atoms with Gasteiger partial charge in [0, 0.05) is 24.7 Å². The van der Waals surface area contributed by atoms with E-state index in [0.29, 0.717) is 5.41 Å². The minimum absolute atomic E-state index is 0.645. The molecule has 2 atom stereocenters. The van der Waals surface area contributed by atoms with Gasteiger partial charge in [0.2, 0.25) is 0 Å². The van der Waals surface area contributed by atoms with E-state index in [1.807, 2.05) is 0 Å². The summed E-state index contributed by atoms with van der Waals surface area (Å²) in [5.74, 6) is 0. The van der Waals surface area contributed by atoms with Crippen LogP contribution in [0.25, 0.3) is 0 Å². The third-order valence-corrected chi connectivity index (χ3v) is 5.75. The van der Waals surface area contributed by atoms with Crippen LogP contribution in [0.5, 0.6) is 0 Å². The van der Waals surface area contributed by atoms with Gasteiger partial charge in [-0.15, -0.1) is 0 Å². The first-order chi connectivity index (χ1) is 8.70. The number of fused-ring (bicyclic) bond motifs is 2. The van der Waals surface area contributed by atoms with Crippen molar-refractivity contribution in [2.75, 3.05) is 13.1 Å². The fourth-order valence-corrected chi connectivity index (χ4v) is 4.82. The third kappa shape index (κ3) is 2.46. The summed E-state index contributed by atoms with van der Waals surface area (Å²) < 4.78 is 0. The Labute approximate surface area is 113 Å². The zero-order chi connectivity index (χ0) is 12.6. The van der Waals surface area contributed by atoms with Crippen LogP contribution in [0.3, 0.4) is 0 Å². The molecule has 3 fully saturated rings. The molecule has 0 aromatic carbocycles. The molecule has 104 valence electrons. The van der Waals surface area contributed by atoms with Crippen LogP contribution in [0.4, 0.5) is 0 Å². The van der Waals surface area contributed by atoms with Crippen LogP contribution in [0.2, 0.25) is 0 Å². The maximum atomic E-state index is 3.68. The summed E-state index contributed by atoms with van der Waals surface area (Å²) in [6.07, 6.45) is 11.6. The zero-order valence-electron chi connectivity index (χ0n) is 12.3. The van der Waals surface area contributed by atoms with E-state index in [1.165, 1.54) is 57.9 Å². The Kier molecular flexibility index (Phi) is 3.68. The molecule has 0 amide bonds. The summed E-state index contributed by atoms with van der Waals surface area (Å²) in [6, 6.07) is 2.59. The first kappa shape index (κ1) is 12.9. The fourth-order valence-electron chi connectivity index (χ4n) is 4.82. The predicted molar refractivity (Wildman–Crippen MR) is 76.8 cm³/mol. The van der Waals surface area contributed by atoms with Crippen molar-refractivity contribution in [2.24, 2.45) is 5.41 Å². The second-order valence-corrected chi connectivity index (χ2v) is 7.30. The van der Waals surface area contributed by atoms with Crippen LogP contribution in [-0.4, -0.2) is 36.1 Å². The van der Waals surface area contributed by atoms with Gasteiger partial charge in [0.25, 0.3) is 0 Å². The molecule has 3 rings (SSSR count). The minimum Gasteiger partial charge on any atom is -0.314 e. The molecule has 2 heterocycles. The molecule has 1 aliphatic carbocycles. The quantitative estimate of drug-likeness (QED) is 0.824. The van der Waals surface area contributed by atoms with Gasteiger partial charge in [0.05, 0.1) is 0 Å². The van der Waals surface area contributed by atoms with Gasteiger partial charge in [0.1, 0.15) is 0 Å². The molecule has 1 saturated carbocycles. The normalized spacial score (nSPS) is 39.3. The molecular formula is C16H30N2. The van der Waals surface area contributed by atoms with Crippen LogP contribution in [0.15, 0.2) is 0 Å². The summed E-state index contributed by atoms with van der Waals surface area (Å²) >= 11 is 0. The Bertz CT molecular complexity index is 269. The Morgan fingerprint density at radius 3 is 2.28 bits per heavy atom. The lowest BCUT2D eigenvalue weighted by atomic mass is 9.86. The van der Waals surface area contributed by atoms with Gasteiger partial charge in [-0.3, -0.25) is 4.90 Å². The topological polar surface area (TPSA) is 15.3 Å². The lowest BCUT2D eigenvalue weighted by molar-refractivity contribution is 0.0696. The number of hydrogen-bond acceptors (Lipinski definition) is 2. The van der Waals surface area contributed by atoms with E-state index in [2.05, 4.69) is 24.1 Å². The van der Waals surface area contributed by atoms with E-state index in [0.717, 1.165) is 24.7 Å². The monoisotopic (exact) mass is 250 g/mol. The van der Waals surface area contributed by atoms with Crippen LogP contribution in [0, 0.1) is 5.41 Å². The average Bonchev–Trinajstić information content (AvgIpc) is 2.84. The van der Waals surface area contributed by atoms with Gasteiger partial charge >= 0.3 is 0 Å². The molecule has 2 unspecified atom stereocenters. The Balaban J connectivity index is 1.61. The van der Waals surface area contributed by atoms with E-state index in [9.17, 15) is 0 Å². The molecule has 0 radical (unpaired) electrons. The zero-order valence-corrected chi connectivity index (χ0v) is 12.3. The number of nitrogens with one attached hydrogen (secondary N) is 1. The van der Waals surface area contributed by atoms with Crippen LogP contribution < -0.4 is 5.32 Å². The number of piperidine rings is 1. The van der Waals surface area contributed by atoms with E-state index < -0.39 is 0 Å². The maximum absolute atomic E-state index is 3.68. The molecule has 3 aliphatic rings. The van der Waals surface area contributed by atoms with Gasteiger partial charge in [0.15, 0.2) is 0 Å². The summed E-state index contributed by atoms with van der Waals surface area (Å²) in [6.45, 7) is 7.31. The third-order valence-electron chi connectivity index (χ3n) is 5.75. The van der Waals surface area contributed by atoms with E-state index in [-0.39, 0.29) is 0 Å². The molecule has 1 N–H and O–H groups in total. The summed E-state index contributed by atoms with van der Waals surface area (Å²) in [7, 11) is 0. The van der Waals surface area contributed by atoms with Crippen molar-refractivity contribution in [1.82, 2.24) is 10.2 Å². The van der Waals surface area contributed by atoms with Crippen molar-refractivity contribution in [2.45, 2.75) is 83.3 Å². The second kappa shape index (κ2) is 5.13. The molecule has 18 heavy (non-hydrogen) atoms. The summed E-state index contributed by atoms with van der Waals surface area (Å²) in [4.78, 5) is 2.90. The maximum Gasteiger partial charge on any atom is 0.0114 e. The molecule has 2 bridgehead atoms. The molecule has 0 spiro atoms. The first-order valence-corrected chi connectivity index (χ1v) is 8.19. The Morgan fingerprint density at radius 2 is 1.72 bits per heavy atom. The van der Waals surface area contributed by atoms with Gasteiger partial charge in [-0.25, -0.2) is 0 Å².